The van der Waals surface area contributed by atoms with Crippen LogP contribution < -0.4 is 4.90 Å². The fourth-order valence-corrected chi connectivity index (χ4v) is 4.58. The highest BCUT2D eigenvalue weighted by molar-refractivity contribution is 5.74. The number of anilines is 1. The maximum atomic E-state index is 8.92. The Kier molecular flexibility index (Phi) is 4.46. The van der Waals surface area contributed by atoms with E-state index in [0.29, 0.717) is 6.04 Å². The van der Waals surface area contributed by atoms with Gasteiger partial charge in [0.25, 0.3) is 0 Å². The summed E-state index contributed by atoms with van der Waals surface area (Å²) in [6, 6.07) is 12.8. The van der Waals surface area contributed by atoms with E-state index in [4.69, 9.17) is 5.26 Å². The van der Waals surface area contributed by atoms with Crippen molar-refractivity contribution in [2.45, 2.75) is 18.9 Å². The highest BCUT2D eigenvalue weighted by Gasteiger charge is 2.30. The lowest BCUT2D eigenvalue weighted by molar-refractivity contribution is 0.153. The first-order valence-electron chi connectivity index (χ1n) is 10.0. The van der Waals surface area contributed by atoms with E-state index in [1.807, 2.05) is 18.3 Å². The van der Waals surface area contributed by atoms with E-state index in [1.165, 1.54) is 25.1 Å². The first kappa shape index (κ1) is 17.2. The molecule has 0 aliphatic carbocycles. The van der Waals surface area contributed by atoms with Gasteiger partial charge < -0.3 is 14.4 Å². The number of aromatic nitrogens is 3. The van der Waals surface area contributed by atoms with Crippen LogP contribution in [0.2, 0.25) is 0 Å². The summed E-state index contributed by atoms with van der Waals surface area (Å²) in [6.45, 7) is 5.73. The molecule has 1 aromatic carbocycles. The van der Waals surface area contributed by atoms with Crippen LogP contribution in [0.5, 0.6) is 0 Å². The van der Waals surface area contributed by atoms with Crippen molar-refractivity contribution in [3.05, 3.63) is 54.6 Å². The number of hydrogen-bond donors (Lipinski definition) is 0. The monoisotopic (exact) mass is 372 g/mol. The molecule has 0 spiro atoms. The van der Waals surface area contributed by atoms with Crippen LogP contribution in [0.25, 0.3) is 11.0 Å². The Labute approximate surface area is 165 Å². The van der Waals surface area contributed by atoms with Gasteiger partial charge in [0.05, 0.1) is 11.6 Å². The van der Waals surface area contributed by atoms with Crippen molar-refractivity contribution in [3.63, 3.8) is 0 Å². The van der Waals surface area contributed by atoms with E-state index >= 15 is 0 Å². The Balaban J connectivity index is 1.12. The lowest BCUT2D eigenvalue weighted by atomic mass is 9.96. The van der Waals surface area contributed by atoms with E-state index in [1.54, 1.807) is 6.33 Å². The van der Waals surface area contributed by atoms with Gasteiger partial charge in [0.2, 0.25) is 0 Å². The van der Waals surface area contributed by atoms with Crippen molar-refractivity contribution >= 4 is 16.7 Å². The Morgan fingerprint density at radius 1 is 1.07 bits per heavy atom. The van der Waals surface area contributed by atoms with Gasteiger partial charge in [-0.05, 0) is 43.2 Å². The second-order valence-electron chi connectivity index (χ2n) is 7.99. The third-order valence-corrected chi connectivity index (χ3v) is 6.16. The van der Waals surface area contributed by atoms with Crippen molar-refractivity contribution in [2.75, 3.05) is 37.6 Å². The number of rotatable bonds is 4. The number of benzene rings is 1. The molecule has 0 radical (unpaired) electrons. The standard InChI is InChI=1S/C22H24N6/c23-11-17-1-3-20(4-2-17)27-14-18(15-27)13-26-8-6-21(7-9-26)28-10-5-19-12-24-16-25-22(19)28/h1-5,10,12,16,18,21H,6-9,13-15H2. The van der Waals surface area contributed by atoms with E-state index in [-0.39, 0.29) is 0 Å². The lowest BCUT2D eigenvalue weighted by Crippen LogP contribution is -2.52. The van der Waals surface area contributed by atoms with Crippen molar-refractivity contribution < 1.29 is 0 Å². The van der Waals surface area contributed by atoms with Gasteiger partial charge in [-0.15, -0.1) is 0 Å². The summed E-state index contributed by atoms with van der Waals surface area (Å²) in [5, 5.41) is 10.0. The maximum absolute atomic E-state index is 8.92. The highest BCUT2D eigenvalue weighted by Crippen LogP contribution is 2.29. The molecule has 2 aliphatic heterocycles. The van der Waals surface area contributed by atoms with Gasteiger partial charge in [-0.2, -0.15) is 5.26 Å². The van der Waals surface area contributed by atoms with Crippen LogP contribution >= 0.6 is 0 Å². The molecule has 2 aromatic heterocycles. The average molecular weight is 372 g/mol. The molecule has 2 aliphatic rings. The van der Waals surface area contributed by atoms with Crippen LogP contribution in [-0.4, -0.2) is 52.2 Å². The number of hydrogen-bond acceptors (Lipinski definition) is 5. The lowest BCUT2D eigenvalue weighted by Gasteiger charge is -2.44. The molecule has 6 nitrogen and oxygen atoms in total. The van der Waals surface area contributed by atoms with Gasteiger partial charge in [-0.1, -0.05) is 0 Å². The van der Waals surface area contributed by atoms with Crippen molar-refractivity contribution in [2.24, 2.45) is 5.92 Å². The summed E-state index contributed by atoms with van der Waals surface area (Å²) >= 11 is 0. The van der Waals surface area contributed by atoms with Crippen LogP contribution in [0, 0.1) is 17.2 Å². The number of nitriles is 1. The number of piperidine rings is 1. The minimum Gasteiger partial charge on any atom is -0.371 e. The second kappa shape index (κ2) is 7.25. The van der Waals surface area contributed by atoms with Crippen molar-refractivity contribution in [1.82, 2.24) is 19.4 Å². The van der Waals surface area contributed by atoms with Crippen LogP contribution in [0.3, 0.4) is 0 Å². The molecule has 0 amide bonds. The van der Waals surface area contributed by atoms with E-state index in [2.05, 4.69) is 54.8 Å². The summed E-state index contributed by atoms with van der Waals surface area (Å²) in [6.07, 6.45) is 8.06. The molecule has 142 valence electrons. The zero-order valence-corrected chi connectivity index (χ0v) is 15.9. The quantitative estimate of drug-likeness (QED) is 0.704. The summed E-state index contributed by atoms with van der Waals surface area (Å²) in [4.78, 5) is 13.6. The molecular formula is C22H24N6. The van der Waals surface area contributed by atoms with Crippen LogP contribution in [0.15, 0.2) is 49.1 Å². The molecule has 0 saturated carbocycles. The minimum atomic E-state index is 0.542. The summed E-state index contributed by atoms with van der Waals surface area (Å²) in [5.41, 5.74) is 3.02. The number of likely N-dealkylation sites (tertiary alicyclic amines) is 1. The Morgan fingerprint density at radius 3 is 2.61 bits per heavy atom. The topological polar surface area (TPSA) is 61.0 Å². The van der Waals surface area contributed by atoms with Crippen LogP contribution in [0.1, 0.15) is 24.4 Å². The minimum absolute atomic E-state index is 0.542. The average Bonchev–Trinajstić information content (AvgIpc) is 3.15. The molecule has 3 aromatic rings. The van der Waals surface area contributed by atoms with E-state index in [9.17, 15) is 0 Å². The normalized spacial score (nSPS) is 18.9. The van der Waals surface area contributed by atoms with E-state index < -0.39 is 0 Å². The molecule has 28 heavy (non-hydrogen) atoms. The Hall–Kier alpha value is -2.91. The van der Waals surface area contributed by atoms with Gasteiger partial charge in [-0.3, -0.25) is 0 Å². The number of fused-ring (bicyclic) bond motifs is 1. The van der Waals surface area contributed by atoms with Gasteiger partial charge in [0.15, 0.2) is 0 Å². The van der Waals surface area contributed by atoms with Crippen molar-refractivity contribution in [3.8, 4) is 6.07 Å². The summed E-state index contributed by atoms with van der Waals surface area (Å²) in [7, 11) is 0. The molecule has 2 saturated heterocycles. The highest BCUT2D eigenvalue weighted by atomic mass is 15.2. The van der Waals surface area contributed by atoms with Gasteiger partial charge in [0.1, 0.15) is 12.0 Å². The predicted molar refractivity (Wildman–Crippen MR) is 109 cm³/mol. The molecule has 5 rings (SSSR count). The molecule has 4 heterocycles. The van der Waals surface area contributed by atoms with Crippen LogP contribution in [0.4, 0.5) is 5.69 Å². The fourth-order valence-electron chi connectivity index (χ4n) is 4.58. The van der Waals surface area contributed by atoms with E-state index in [0.717, 1.165) is 48.7 Å². The summed E-state index contributed by atoms with van der Waals surface area (Å²) in [5.74, 6) is 0.743. The molecule has 2 fully saturated rings. The predicted octanol–water partition coefficient (Wildman–Crippen LogP) is 3.08. The second-order valence-corrected chi connectivity index (χ2v) is 7.99. The largest absolute Gasteiger partial charge is 0.371 e. The SMILES string of the molecule is N#Cc1ccc(N2CC(CN3CCC(n4ccc5cncnc54)CC3)C2)cc1. The maximum Gasteiger partial charge on any atom is 0.143 e. The smallest absolute Gasteiger partial charge is 0.143 e. The Morgan fingerprint density at radius 2 is 1.86 bits per heavy atom. The molecule has 0 atom stereocenters. The van der Waals surface area contributed by atoms with Gasteiger partial charge in [-0.25, -0.2) is 9.97 Å². The zero-order valence-electron chi connectivity index (χ0n) is 15.9. The molecular weight excluding hydrogens is 348 g/mol. The fraction of sp³-hybridized carbons (Fsp3) is 0.409. The first-order chi connectivity index (χ1) is 13.8. The van der Waals surface area contributed by atoms with Gasteiger partial charge >= 0.3 is 0 Å². The third kappa shape index (κ3) is 3.23. The number of nitrogens with zero attached hydrogens (tertiary/aromatic N) is 6. The Bertz CT molecular complexity index is 988. The molecule has 0 bridgehead atoms. The first-order valence-corrected chi connectivity index (χ1v) is 10.0. The van der Waals surface area contributed by atoms with Crippen molar-refractivity contribution in [1.29, 1.82) is 5.26 Å². The molecule has 0 unspecified atom stereocenters. The van der Waals surface area contributed by atoms with Gasteiger partial charge in [0, 0.05) is 68.2 Å². The molecule has 0 N–H and O–H groups in total. The third-order valence-electron chi connectivity index (χ3n) is 6.16. The summed E-state index contributed by atoms with van der Waals surface area (Å²) < 4.78 is 2.34. The zero-order chi connectivity index (χ0) is 18.9. The van der Waals surface area contributed by atoms with Crippen LogP contribution in [-0.2, 0) is 0 Å². The molecule has 6 heteroatoms.